The Bertz CT molecular complexity index is 1270. The predicted molar refractivity (Wildman–Crippen MR) is 137 cm³/mol. The summed E-state index contributed by atoms with van der Waals surface area (Å²) in [6.45, 7) is 0. The van der Waals surface area contributed by atoms with E-state index in [1.807, 2.05) is 30.3 Å². The molecule has 1 atom stereocenters. The Kier molecular flexibility index (Phi) is 7.55. The van der Waals surface area contributed by atoms with E-state index in [1.165, 1.54) is 26.3 Å². The van der Waals surface area contributed by atoms with Crippen molar-refractivity contribution in [1.29, 1.82) is 0 Å². The van der Waals surface area contributed by atoms with Crippen molar-refractivity contribution in [3.8, 4) is 28.7 Å². The van der Waals surface area contributed by atoms with Gasteiger partial charge >= 0.3 is 0 Å². The van der Waals surface area contributed by atoms with Crippen LogP contribution in [0.3, 0.4) is 0 Å². The Morgan fingerprint density at radius 1 is 0.806 bits per heavy atom. The van der Waals surface area contributed by atoms with Crippen LogP contribution in [0.2, 0.25) is 5.02 Å². The molecular formula is C27H27ClN2O6. The minimum Gasteiger partial charge on any atom is -0.493 e. The zero-order valence-electron chi connectivity index (χ0n) is 20.7. The molecule has 9 heteroatoms. The van der Waals surface area contributed by atoms with Gasteiger partial charge in [-0.2, -0.15) is 5.10 Å². The number of carbonyl (C=O) groups excluding carboxylic acids is 1. The third-order valence-electron chi connectivity index (χ3n) is 6.00. The molecule has 1 heterocycles. The van der Waals surface area contributed by atoms with Crippen molar-refractivity contribution in [3.63, 3.8) is 0 Å². The molecular weight excluding hydrogens is 484 g/mol. The molecule has 0 bridgehead atoms. The van der Waals surface area contributed by atoms with Gasteiger partial charge in [-0.15, -0.1) is 0 Å². The molecule has 4 rings (SSSR count). The first-order valence-corrected chi connectivity index (χ1v) is 11.5. The van der Waals surface area contributed by atoms with Crippen molar-refractivity contribution in [2.45, 2.75) is 12.5 Å². The zero-order chi connectivity index (χ0) is 25.8. The standard InChI is InChI=1S/C27H27ClN2O6/c1-32-22-11-8-17(12-23(22)33-2)20-15-21(16-6-9-19(28)10-7-16)30(29-20)27(31)18-13-24(34-3)26(36-5)25(14-18)35-4/h6-14,21H,15H2,1-5H3/t21-/m1/s1. The number of rotatable bonds is 8. The lowest BCUT2D eigenvalue weighted by molar-refractivity contribution is 0.0710. The largest absolute Gasteiger partial charge is 0.493 e. The minimum absolute atomic E-state index is 0.315. The second-order valence-corrected chi connectivity index (χ2v) is 8.39. The Morgan fingerprint density at radius 3 is 1.97 bits per heavy atom. The molecule has 0 radical (unpaired) electrons. The van der Waals surface area contributed by atoms with E-state index < -0.39 is 0 Å². The van der Waals surface area contributed by atoms with Crippen molar-refractivity contribution < 1.29 is 28.5 Å². The van der Waals surface area contributed by atoms with Crippen molar-refractivity contribution >= 4 is 23.2 Å². The molecule has 8 nitrogen and oxygen atoms in total. The fourth-order valence-corrected chi connectivity index (χ4v) is 4.30. The summed E-state index contributed by atoms with van der Waals surface area (Å²) in [5.74, 6) is 2.04. The lowest BCUT2D eigenvalue weighted by Crippen LogP contribution is -2.27. The maximum Gasteiger partial charge on any atom is 0.274 e. The minimum atomic E-state index is -0.350. The van der Waals surface area contributed by atoms with Crippen LogP contribution >= 0.6 is 11.6 Å². The molecule has 0 fully saturated rings. The van der Waals surface area contributed by atoms with Gasteiger partial charge in [0, 0.05) is 22.6 Å². The van der Waals surface area contributed by atoms with Crippen molar-refractivity contribution in [2.75, 3.05) is 35.5 Å². The van der Waals surface area contributed by atoms with Gasteiger partial charge in [0.15, 0.2) is 23.0 Å². The van der Waals surface area contributed by atoms with Gasteiger partial charge in [-0.3, -0.25) is 4.79 Å². The van der Waals surface area contributed by atoms with Crippen LogP contribution in [0.15, 0.2) is 59.7 Å². The topological polar surface area (TPSA) is 78.8 Å². The van der Waals surface area contributed by atoms with E-state index in [2.05, 4.69) is 0 Å². The lowest BCUT2D eigenvalue weighted by Gasteiger charge is -2.23. The second kappa shape index (κ2) is 10.8. The maximum atomic E-state index is 13.8. The second-order valence-electron chi connectivity index (χ2n) is 7.95. The SMILES string of the molecule is COc1ccc(C2=NN(C(=O)c3cc(OC)c(OC)c(OC)c3)[C@@H](c3ccc(Cl)cc3)C2)cc1OC. The van der Waals surface area contributed by atoms with E-state index in [4.69, 9.17) is 40.4 Å². The van der Waals surface area contributed by atoms with Gasteiger partial charge < -0.3 is 23.7 Å². The third-order valence-corrected chi connectivity index (χ3v) is 6.25. The summed E-state index contributed by atoms with van der Waals surface area (Å²) in [6, 6.07) is 15.8. The van der Waals surface area contributed by atoms with Gasteiger partial charge in [0.1, 0.15) is 0 Å². The monoisotopic (exact) mass is 510 g/mol. The molecule has 0 saturated heterocycles. The highest BCUT2D eigenvalue weighted by Gasteiger charge is 2.35. The van der Waals surface area contributed by atoms with Crippen LogP contribution in [0.5, 0.6) is 28.7 Å². The maximum absolute atomic E-state index is 13.8. The van der Waals surface area contributed by atoms with Crippen LogP contribution in [0.1, 0.15) is 33.9 Å². The predicted octanol–water partition coefficient (Wildman–Crippen LogP) is 5.37. The first-order chi connectivity index (χ1) is 17.4. The van der Waals surface area contributed by atoms with E-state index in [9.17, 15) is 4.79 Å². The summed E-state index contributed by atoms with van der Waals surface area (Å²) in [7, 11) is 7.68. The fourth-order valence-electron chi connectivity index (χ4n) is 4.17. The molecule has 3 aromatic rings. The Hall–Kier alpha value is -3.91. The van der Waals surface area contributed by atoms with E-state index in [0.717, 1.165) is 16.8 Å². The molecule has 3 aromatic carbocycles. The van der Waals surface area contributed by atoms with Crippen molar-refractivity contribution in [2.24, 2.45) is 5.10 Å². The van der Waals surface area contributed by atoms with Crippen molar-refractivity contribution in [3.05, 3.63) is 76.3 Å². The number of hydrazone groups is 1. The van der Waals surface area contributed by atoms with Crippen LogP contribution in [0, 0.1) is 0 Å². The highest BCUT2D eigenvalue weighted by Crippen LogP contribution is 2.41. The van der Waals surface area contributed by atoms with Gasteiger partial charge in [-0.1, -0.05) is 23.7 Å². The Morgan fingerprint density at radius 2 is 1.42 bits per heavy atom. The highest BCUT2D eigenvalue weighted by atomic mass is 35.5. The smallest absolute Gasteiger partial charge is 0.274 e. The number of amides is 1. The summed E-state index contributed by atoms with van der Waals surface area (Å²) in [6.07, 6.45) is 0.493. The van der Waals surface area contributed by atoms with Crippen LogP contribution in [0.4, 0.5) is 0 Å². The number of hydrogen-bond donors (Lipinski definition) is 0. The third kappa shape index (κ3) is 4.77. The van der Waals surface area contributed by atoms with E-state index in [1.54, 1.807) is 38.5 Å². The Labute approximate surface area is 214 Å². The first kappa shape index (κ1) is 25.2. The molecule has 0 aliphatic carbocycles. The number of halogens is 1. The van der Waals surface area contributed by atoms with Crippen LogP contribution in [-0.2, 0) is 0 Å². The summed E-state index contributed by atoms with van der Waals surface area (Å²) in [4.78, 5) is 13.8. The van der Waals surface area contributed by atoms with E-state index >= 15 is 0 Å². The summed E-state index contributed by atoms with van der Waals surface area (Å²) >= 11 is 6.12. The fraction of sp³-hybridized carbons (Fsp3) is 0.259. The molecule has 1 aliphatic heterocycles. The first-order valence-electron chi connectivity index (χ1n) is 11.1. The molecule has 0 saturated carbocycles. The molecule has 188 valence electrons. The van der Waals surface area contributed by atoms with Gasteiger partial charge in [0.05, 0.1) is 47.3 Å². The summed E-state index contributed by atoms with van der Waals surface area (Å²) in [5, 5.41) is 6.85. The molecule has 0 unspecified atom stereocenters. The number of benzene rings is 3. The number of methoxy groups -OCH3 is 5. The molecule has 1 aliphatic rings. The van der Waals surface area contributed by atoms with Crippen LogP contribution in [0.25, 0.3) is 0 Å². The summed E-state index contributed by atoms with van der Waals surface area (Å²) in [5.41, 5.74) is 2.81. The molecule has 0 N–H and O–H groups in total. The van der Waals surface area contributed by atoms with E-state index in [-0.39, 0.29) is 11.9 Å². The molecule has 0 spiro atoms. The number of ether oxygens (including phenoxy) is 5. The average Bonchev–Trinajstić information content (AvgIpc) is 3.37. The van der Waals surface area contributed by atoms with Gasteiger partial charge in [0.25, 0.3) is 5.91 Å². The van der Waals surface area contributed by atoms with Gasteiger partial charge in [-0.25, -0.2) is 5.01 Å². The van der Waals surface area contributed by atoms with Crippen molar-refractivity contribution in [1.82, 2.24) is 5.01 Å². The zero-order valence-corrected chi connectivity index (χ0v) is 21.5. The van der Waals surface area contributed by atoms with Crippen LogP contribution < -0.4 is 23.7 Å². The summed E-state index contributed by atoms with van der Waals surface area (Å²) < 4.78 is 27.1. The molecule has 0 aromatic heterocycles. The average molecular weight is 511 g/mol. The van der Waals surface area contributed by atoms with Gasteiger partial charge in [0.2, 0.25) is 5.75 Å². The Balaban J connectivity index is 1.79. The van der Waals surface area contributed by atoms with E-state index in [0.29, 0.717) is 45.8 Å². The van der Waals surface area contributed by atoms with Gasteiger partial charge in [-0.05, 0) is 48.0 Å². The number of hydrogen-bond acceptors (Lipinski definition) is 7. The quantitative estimate of drug-likeness (QED) is 0.405. The highest BCUT2D eigenvalue weighted by molar-refractivity contribution is 6.30. The normalized spacial score (nSPS) is 14.8. The number of nitrogens with zero attached hydrogens (tertiary/aromatic N) is 2. The lowest BCUT2D eigenvalue weighted by atomic mass is 9.98. The molecule has 1 amide bonds. The number of carbonyl (C=O) groups is 1. The van der Waals surface area contributed by atoms with Crippen LogP contribution in [-0.4, -0.2) is 52.2 Å². The molecule has 36 heavy (non-hydrogen) atoms.